The van der Waals surface area contributed by atoms with Gasteiger partial charge in [0, 0.05) is 6.54 Å². The van der Waals surface area contributed by atoms with Crippen LogP contribution in [0.5, 0.6) is 0 Å². The predicted octanol–water partition coefficient (Wildman–Crippen LogP) is 0.0737. The third kappa shape index (κ3) is 6.43. The van der Waals surface area contributed by atoms with Gasteiger partial charge in [0.15, 0.2) is 0 Å². The molecule has 0 spiro atoms. The van der Waals surface area contributed by atoms with Gasteiger partial charge in [-0.25, -0.2) is 4.72 Å². The van der Waals surface area contributed by atoms with E-state index in [1.165, 1.54) is 0 Å². The van der Waals surface area contributed by atoms with Crippen molar-refractivity contribution in [1.82, 2.24) is 9.44 Å². The maximum Gasteiger partial charge on any atom is 0.321 e. The Morgan fingerprint density at radius 1 is 1.33 bits per heavy atom. The zero-order valence-corrected chi connectivity index (χ0v) is 9.80. The van der Waals surface area contributed by atoms with Crippen molar-refractivity contribution in [2.24, 2.45) is 0 Å². The van der Waals surface area contributed by atoms with E-state index in [0.717, 1.165) is 0 Å². The summed E-state index contributed by atoms with van der Waals surface area (Å²) in [6, 6.07) is -1.05. The van der Waals surface area contributed by atoms with Gasteiger partial charge in [-0.2, -0.15) is 13.1 Å². The molecule has 90 valence electrons. The molecule has 0 aromatic carbocycles. The fourth-order valence-corrected chi connectivity index (χ4v) is 2.14. The molecule has 7 heteroatoms. The number of carboxylic acid groups (broad SMARTS) is 1. The van der Waals surface area contributed by atoms with Crippen molar-refractivity contribution in [3.05, 3.63) is 0 Å². The topological polar surface area (TPSA) is 95.5 Å². The van der Waals surface area contributed by atoms with E-state index in [1.807, 2.05) is 6.92 Å². The van der Waals surface area contributed by atoms with Gasteiger partial charge in [0.25, 0.3) is 10.2 Å². The molecule has 1 atom stereocenters. The zero-order valence-electron chi connectivity index (χ0n) is 8.99. The predicted molar refractivity (Wildman–Crippen MR) is 56.7 cm³/mol. The van der Waals surface area contributed by atoms with Crippen LogP contribution in [0.4, 0.5) is 0 Å². The van der Waals surface area contributed by atoms with Gasteiger partial charge < -0.3 is 5.11 Å². The molecule has 0 amide bonds. The largest absolute Gasteiger partial charge is 0.480 e. The van der Waals surface area contributed by atoms with Crippen LogP contribution in [0.25, 0.3) is 0 Å². The van der Waals surface area contributed by atoms with Gasteiger partial charge in [-0.05, 0) is 12.8 Å². The van der Waals surface area contributed by atoms with E-state index < -0.39 is 22.2 Å². The maximum absolute atomic E-state index is 11.3. The number of nitrogens with one attached hydrogen (secondary N) is 2. The smallest absolute Gasteiger partial charge is 0.321 e. The summed E-state index contributed by atoms with van der Waals surface area (Å²) in [5.41, 5.74) is 0. The Kier molecular flexibility index (Phi) is 6.46. The van der Waals surface area contributed by atoms with Crippen molar-refractivity contribution in [3.8, 4) is 0 Å². The normalized spacial score (nSPS) is 13.7. The monoisotopic (exact) mass is 238 g/mol. The standard InChI is InChI=1S/C8H18N2O4S/c1-3-5-7(8(11)12)10-15(13,14)9-6-4-2/h7,9-10H,3-6H2,1-2H3,(H,11,12)/t7-/m1/s1. The summed E-state index contributed by atoms with van der Waals surface area (Å²) in [5, 5.41) is 8.74. The number of aliphatic carboxylic acids is 1. The summed E-state index contributed by atoms with van der Waals surface area (Å²) in [4.78, 5) is 10.7. The second-order valence-corrected chi connectivity index (χ2v) is 4.73. The highest BCUT2D eigenvalue weighted by Gasteiger charge is 2.22. The van der Waals surface area contributed by atoms with Gasteiger partial charge in [0.2, 0.25) is 0 Å². The molecule has 0 aliphatic carbocycles. The number of hydrogen-bond acceptors (Lipinski definition) is 3. The van der Waals surface area contributed by atoms with Crippen molar-refractivity contribution in [3.63, 3.8) is 0 Å². The molecule has 6 nitrogen and oxygen atoms in total. The van der Waals surface area contributed by atoms with Crippen LogP contribution in [0.15, 0.2) is 0 Å². The molecule has 0 saturated heterocycles. The highest BCUT2D eigenvalue weighted by Crippen LogP contribution is 1.98. The van der Waals surface area contributed by atoms with Gasteiger partial charge in [-0.1, -0.05) is 20.3 Å². The summed E-state index contributed by atoms with van der Waals surface area (Å²) < 4.78 is 26.9. The van der Waals surface area contributed by atoms with Gasteiger partial charge in [0.05, 0.1) is 0 Å². The van der Waals surface area contributed by atoms with Crippen molar-refractivity contribution >= 4 is 16.2 Å². The second kappa shape index (κ2) is 6.76. The lowest BCUT2D eigenvalue weighted by Crippen LogP contribution is -2.46. The Balaban J connectivity index is 4.32. The quantitative estimate of drug-likeness (QED) is 0.557. The summed E-state index contributed by atoms with van der Waals surface area (Å²) in [6.45, 7) is 3.92. The molecule has 0 saturated carbocycles. The van der Waals surface area contributed by atoms with Crippen LogP contribution in [-0.4, -0.2) is 32.1 Å². The van der Waals surface area contributed by atoms with Crippen molar-refractivity contribution in [2.45, 2.75) is 39.2 Å². The summed E-state index contributed by atoms with van der Waals surface area (Å²) in [7, 11) is -3.69. The van der Waals surface area contributed by atoms with E-state index in [0.29, 0.717) is 19.4 Å². The van der Waals surface area contributed by atoms with E-state index >= 15 is 0 Å². The number of carbonyl (C=O) groups is 1. The third-order valence-electron chi connectivity index (χ3n) is 1.71. The summed E-state index contributed by atoms with van der Waals surface area (Å²) >= 11 is 0. The lowest BCUT2D eigenvalue weighted by molar-refractivity contribution is -0.139. The summed E-state index contributed by atoms with van der Waals surface area (Å²) in [6.07, 6.45) is 1.54. The van der Waals surface area contributed by atoms with E-state index in [2.05, 4.69) is 9.44 Å². The first kappa shape index (κ1) is 14.3. The molecular formula is C8H18N2O4S. The van der Waals surface area contributed by atoms with Crippen molar-refractivity contribution in [1.29, 1.82) is 0 Å². The van der Waals surface area contributed by atoms with Crippen LogP contribution in [0.2, 0.25) is 0 Å². The van der Waals surface area contributed by atoms with Gasteiger partial charge in [-0.15, -0.1) is 0 Å². The van der Waals surface area contributed by atoms with E-state index in [4.69, 9.17) is 5.11 Å². The molecule has 0 bridgehead atoms. The summed E-state index contributed by atoms with van der Waals surface area (Å²) in [5.74, 6) is -1.15. The molecule has 0 aromatic rings. The zero-order chi connectivity index (χ0) is 11.9. The highest BCUT2D eigenvalue weighted by atomic mass is 32.2. The first-order valence-corrected chi connectivity index (χ1v) is 6.41. The molecule has 3 N–H and O–H groups in total. The van der Waals surface area contributed by atoms with Crippen LogP contribution >= 0.6 is 0 Å². The third-order valence-corrected chi connectivity index (χ3v) is 2.89. The Bertz CT molecular complexity index is 289. The van der Waals surface area contributed by atoms with Gasteiger partial charge in [-0.3, -0.25) is 4.79 Å². The van der Waals surface area contributed by atoms with Gasteiger partial charge >= 0.3 is 5.97 Å². The fourth-order valence-electron chi connectivity index (χ4n) is 0.987. The SMILES string of the molecule is CCCNS(=O)(=O)N[C@H](CCC)C(=O)O. The van der Waals surface area contributed by atoms with Crippen LogP contribution in [0.3, 0.4) is 0 Å². The van der Waals surface area contributed by atoms with Crippen molar-refractivity contribution in [2.75, 3.05) is 6.54 Å². The highest BCUT2D eigenvalue weighted by molar-refractivity contribution is 7.87. The molecule has 0 fully saturated rings. The molecule has 0 aliphatic rings. The van der Waals surface area contributed by atoms with E-state index in [1.54, 1.807) is 6.92 Å². The molecule has 0 aromatic heterocycles. The molecule has 15 heavy (non-hydrogen) atoms. The average molecular weight is 238 g/mol. The van der Waals surface area contributed by atoms with Crippen LogP contribution < -0.4 is 9.44 Å². The molecular weight excluding hydrogens is 220 g/mol. The van der Waals surface area contributed by atoms with E-state index in [-0.39, 0.29) is 6.42 Å². The first-order chi connectivity index (χ1) is 6.93. The second-order valence-electron chi connectivity index (χ2n) is 3.20. The molecule has 0 aliphatic heterocycles. The van der Waals surface area contributed by atoms with Crippen LogP contribution in [0, 0.1) is 0 Å². The first-order valence-electron chi connectivity index (χ1n) is 4.92. The van der Waals surface area contributed by atoms with Gasteiger partial charge in [0.1, 0.15) is 6.04 Å². The average Bonchev–Trinajstić information content (AvgIpc) is 2.14. The lowest BCUT2D eigenvalue weighted by atomic mass is 10.2. The number of rotatable bonds is 8. The minimum atomic E-state index is -3.69. The molecule has 0 rings (SSSR count). The number of carboxylic acids is 1. The van der Waals surface area contributed by atoms with E-state index in [9.17, 15) is 13.2 Å². The minimum Gasteiger partial charge on any atom is -0.480 e. The molecule has 0 heterocycles. The minimum absolute atomic E-state index is 0.280. The van der Waals surface area contributed by atoms with Crippen molar-refractivity contribution < 1.29 is 18.3 Å². The van der Waals surface area contributed by atoms with Crippen LogP contribution in [0.1, 0.15) is 33.1 Å². The lowest BCUT2D eigenvalue weighted by Gasteiger charge is -2.13. The Hall–Kier alpha value is -0.660. The number of hydrogen-bond donors (Lipinski definition) is 3. The Morgan fingerprint density at radius 3 is 2.33 bits per heavy atom. The maximum atomic E-state index is 11.3. The fraction of sp³-hybridized carbons (Fsp3) is 0.875. The molecule has 0 unspecified atom stereocenters. The molecule has 0 radical (unpaired) electrons. The van der Waals surface area contributed by atoms with Crippen LogP contribution in [-0.2, 0) is 15.0 Å². The Labute approximate surface area is 90.2 Å². The Morgan fingerprint density at radius 2 is 1.93 bits per heavy atom.